The van der Waals surface area contributed by atoms with Gasteiger partial charge in [0.1, 0.15) is 12.4 Å². The Labute approximate surface area is 159 Å². The first kappa shape index (κ1) is 17.6. The molecule has 1 aromatic carbocycles. The van der Waals surface area contributed by atoms with Crippen LogP contribution < -0.4 is 4.74 Å². The molecule has 3 heterocycles. The molecule has 0 aliphatic carbocycles. The van der Waals surface area contributed by atoms with Crippen LogP contribution in [0.2, 0.25) is 10.0 Å². The Hall–Kier alpha value is -1.80. The molecule has 9 heteroatoms. The van der Waals surface area contributed by atoms with Crippen LogP contribution in [0.3, 0.4) is 0 Å². The van der Waals surface area contributed by atoms with Gasteiger partial charge in [-0.3, -0.25) is 4.79 Å². The number of ether oxygens (including phenoxy) is 3. The second-order valence-corrected chi connectivity index (χ2v) is 6.97. The van der Waals surface area contributed by atoms with Crippen LogP contribution in [0.1, 0.15) is 22.7 Å². The highest BCUT2D eigenvalue weighted by Crippen LogP contribution is 2.31. The van der Waals surface area contributed by atoms with E-state index in [-0.39, 0.29) is 18.2 Å². The van der Waals surface area contributed by atoms with Crippen molar-refractivity contribution >= 4 is 29.1 Å². The normalized spacial score (nSPS) is 18.6. The van der Waals surface area contributed by atoms with Crippen LogP contribution in [0.5, 0.6) is 5.75 Å². The zero-order valence-electron chi connectivity index (χ0n) is 13.7. The molecule has 2 aliphatic rings. The molecule has 2 aromatic rings. The second kappa shape index (κ2) is 7.08. The van der Waals surface area contributed by atoms with E-state index < -0.39 is 5.79 Å². The maximum atomic E-state index is 12.6. The molecule has 0 atom stereocenters. The van der Waals surface area contributed by atoms with Crippen LogP contribution in [-0.2, 0) is 16.1 Å². The predicted octanol–water partition coefficient (Wildman–Crippen LogP) is 3.15. The van der Waals surface area contributed by atoms with Gasteiger partial charge in [-0.2, -0.15) is 0 Å². The molecule has 26 heavy (non-hydrogen) atoms. The summed E-state index contributed by atoms with van der Waals surface area (Å²) in [5.41, 5.74) is 0.223. The summed E-state index contributed by atoms with van der Waals surface area (Å²) in [6, 6.07) is 6.49. The standard InChI is InChI=1S/C17H16Cl2N2O5/c18-11-1-2-15(13(19)7-11)23-9-12-8-14(20-26-12)16(22)21-4-3-17(10-21)24-5-6-25-17/h1-2,7-8H,3-6,9-10H2. The molecule has 4 rings (SSSR count). The van der Waals surface area contributed by atoms with Crippen molar-refractivity contribution in [2.75, 3.05) is 26.3 Å². The average Bonchev–Trinajstić information content (AvgIpc) is 3.36. The molecule has 7 nitrogen and oxygen atoms in total. The zero-order valence-corrected chi connectivity index (χ0v) is 15.3. The summed E-state index contributed by atoms with van der Waals surface area (Å²) in [5, 5.41) is 4.76. The maximum Gasteiger partial charge on any atom is 0.276 e. The van der Waals surface area contributed by atoms with Crippen LogP contribution in [-0.4, -0.2) is 48.1 Å². The molecule has 2 aliphatic heterocycles. The van der Waals surface area contributed by atoms with E-state index >= 15 is 0 Å². The lowest BCUT2D eigenvalue weighted by molar-refractivity contribution is -0.143. The van der Waals surface area contributed by atoms with Crippen LogP contribution >= 0.6 is 23.2 Å². The SMILES string of the molecule is O=C(c1cc(COc2ccc(Cl)cc2Cl)on1)N1CCC2(C1)OCCO2. The van der Waals surface area contributed by atoms with Gasteiger partial charge in [0.05, 0.1) is 24.8 Å². The Morgan fingerprint density at radius 2 is 2.08 bits per heavy atom. The predicted molar refractivity (Wildman–Crippen MR) is 92.5 cm³/mol. The van der Waals surface area contributed by atoms with Crippen molar-refractivity contribution in [2.24, 2.45) is 0 Å². The van der Waals surface area contributed by atoms with Gasteiger partial charge in [-0.05, 0) is 18.2 Å². The van der Waals surface area contributed by atoms with Gasteiger partial charge >= 0.3 is 0 Å². The summed E-state index contributed by atoms with van der Waals surface area (Å²) >= 11 is 11.9. The molecule has 0 bridgehead atoms. The molecule has 0 unspecified atom stereocenters. The van der Waals surface area contributed by atoms with E-state index in [9.17, 15) is 4.79 Å². The number of rotatable bonds is 4. The number of carbonyl (C=O) groups excluding carboxylic acids is 1. The molecule has 138 valence electrons. The van der Waals surface area contributed by atoms with E-state index in [1.54, 1.807) is 29.2 Å². The fraction of sp³-hybridized carbons (Fsp3) is 0.412. The third-order valence-corrected chi connectivity index (χ3v) is 4.87. The summed E-state index contributed by atoms with van der Waals surface area (Å²) in [5.74, 6) is 0.0101. The van der Waals surface area contributed by atoms with Crippen molar-refractivity contribution < 1.29 is 23.5 Å². The average molecular weight is 399 g/mol. The minimum atomic E-state index is -0.656. The lowest BCUT2D eigenvalue weighted by Crippen LogP contribution is -2.37. The van der Waals surface area contributed by atoms with Crippen molar-refractivity contribution in [3.63, 3.8) is 0 Å². The molecular weight excluding hydrogens is 383 g/mol. The van der Waals surface area contributed by atoms with Crippen molar-refractivity contribution in [2.45, 2.75) is 18.8 Å². The topological polar surface area (TPSA) is 74.0 Å². The molecule has 0 saturated carbocycles. The first-order chi connectivity index (χ1) is 12.5. The number of hydrogen-bond acceptors (Lipinski definition) is 6. The third-order valence-electron chi connectivity index (χ3n) is 4.34. The Morgan fingerprint density at radius 3 is 2.85 bits per heavy atom. The monoisotopic (exact) mass is 398 g/mol. The Bertz CT molecular complexity index is 819. The number of benzene rings is 1. The van der Waals surface area contributed by atoms with Gasteiger partial charge in [0, 0.05) is 24.1 Å². The minimum Gasteiger partial charge on any atom is -0.484 e. The number of halogens is 2. The van der Waals surface area contributed by atoms with Crippen LogP contribution in [0.15, 0.2) is 28.8 Å². The van der Waals surface area contributed by atoms with Gasteiger partial charge in [0.2, 0.25) is 0 Å². The molecule has 0 radical (unpaired) electrons. The molecule has 2 fully saturated rings. The Balaban J connectivity index is 1.37. The summed E-state index contributed by atoms with van der Waals surface area (Å²) in [4.78, 5) is 14.2. The zero-order chi connectivity index (χ0) is 18.1. The number of amides is 1. The summed E-state index contributed by atoms with van der Waals surface area (Å²) < 4.78 is 22.0. The van der Waals surface area contributed by atoms with Gasteiger partial charge in [0.25, 0.3) is 5.91 Å². The van der Waals surface area contributed by atoms with E-state index in [1.807, 2.05) is 0 Å². The number of likely N-dealkylation sites (tertiary alicyclic amines) is 1. The van der Waals surface area contributed by atoms with E-state index in [0.29, 0.717) is 54.3 Å². The molecule has 0 N–H and O–H groups in total. The third kappa shape index (κ3) is 3.53. The molecule has 1 amide bonds. The molecule has 1 aromatic heterocycles. The van der Waals surface area contributed by atoms with Gasteiger partial charge in [-0.15, -0.1) is 0 Å². The largest absolute Gasteiger partial charge is 0.484 e. The van der Waals surface area contributed by atoms with Crippen LogP contribution in [0.25, 0.3) is 0 Å². The molecule has 1 spiro atoms. The van der Waals surface area contributed by atoms with Crippen LogP contribution in [0.4, 0.5) is 0 Å². The first-order valence-electron chi connectivity index (χ1n) is 8.15. The number of carbonyl (C=O) groups is 1. The van der Waals surface area contributed by atoms with E-state index in [2.05, 4.69) is 5.16 Å². The Morgan fingerprint density at radius 1 is 1.27 bits per heavy atom. The first-order valence-corrected chi connectivity index (χ1v) is 8.91. The highest BCUT2D eigenvalue weighted by atomic mass is 35.5. The highest BCUT2D eigenvalue weighted by Gasteiger charge is 2.45. The Kier molecular flexibility index (Phi) is 4.79. The lowest BCUT2D eigenvalue weighted by atomic mass is 10.2. The van der Waals surface area contributed by atoms with E-state index in [0.717, 1.165) is 0 Å². The molecule has 2 saturated heterocycles. The van der Waals surface area contributed by atoms with Gasteiger partial charge in [-0.1, -0.05) is 28.4 Å². The van der Waals surface area contributed by atoms with Gasteiger partial charge < -0.3 is 23.6 Å². The van der Waals surface area contributed by atoms with E-state index in [1.165, 1.54) is 0 Å². The number of hydrogen-bond donors (Lipinski definition) is 0. The van der Waals surface area contributed by atoms with Crippen molar-refractivity contribution in [3.8, 4) is 5.75 Å². The van der Waals surface area contributed by atoms with Crippen molar-refractivity contribution in [1.29, 1.82) is 0 Å². The number of aromatic nitrogens is 1. The van der Waals surface area contributed by atoms with Gasteiger partial charge in [0.15, 0.2) is 17.2 Å². The molecular formula is C17H16Cl2N2O5. The van der Waals surface area contributed by atoms with Gasteiger partial charge in [-0.25, -0.2) is 0 Å². The van der Waals surface area contributed by atoms with Crippen molar-refractivity contribution in [1.82, 2.24) is 10.1 Å². The summed E-state index contributed by atoms with van der Waals surface area (Å²) in [6.07, 6.45) is 0.654. The smallest absolute Gasteiger partial charge is 0.276 e. The summed E-state index contributed by atoms with van der Waals surface area (Å²) in [6.45, 7) is 2.15. The maximum absolute atomic E-state index is 12.6. The number of nitrogens with zero attached hydrogens (tertiary/aromatic N) is 2. The second-order valence-electron chi connectivity index (χ2n) is 6.13. The quantitative estimate of drug-likeness (QED) is 0.787. The van der Waals surface area contributed by atoms with E-state index in [4.69, 9.17) is 41.9 Å². The van der Waals surface area contributed by atoms with Crippen molar-refractivity contribution in [3.05, 3.63) is 45.8 Å². The minimum absolute atomic E-state index is 0.0950. The fourth-order valence-electron chi connectivity index (χ4n) is 3.05. The van der Waals surface area contributed by atoms with Crippen LogP contribution in [0, 0.1) is 0 Å². The fourth-order valence-corrected chi connectivity index (χ4v) is 3.51. The lowest BCUT2D eigenvalue weighted by Gasteiger charge is -2.21. The summed E-state index contributed by atoms with van der Waals surface area (Å²) in [7, 11) is 0. The highest BCUT2D eigenvalue weighted by molar-refractivity contribution is 6.35.